The zero-order chi connectivity index (χ0) is 13.1. The van der Waals surface area contributed by atoms with Gasteiger partial charge in [0.1, 0.15) is 5.82 Å². The molecule has 0 bridgehead atoms. The fourth-order valence-electron chi connectivity index (χ4n) is 1.49. The molecule has 1 aromatic rings. The molecule has 1 aromatic carbocycles. The van der Waals surface area contributed by atoms with Crippen molar-refractivity contribution in [2.75, 3.05) is 7.11 Å². The molecule has 0 atom stereocenters. The van der Waals surface area contributed by atoms with Crippen LogP contribution >= 0.6 is 0 Å². The first kappa shape index (κ1) is 13.4. The first-order chi connectivity index (χ1) is 7.86. The third kappa shape index (κ3) is 3.37. The topological polar surface area (TPSA) is 43.4 Å². The molecule has 0 amide bonds. The number of carbonyl (C=O) groups excluding carboxylic acids is 2. The van der Waals surface area contributed by atoms with Gasteiger partial charge in [0.2, 0.25) is 0 Å². The maximum Gasteiger partial charge on any atom is 0.311 e. The molecule has 0 N–H and O–H groups in total. The summed E-state index contributed by atoms with van der Waals surface area (Å²) in [4.78, 5) is 23.3. The highest BCUT2D eigenvalue weighted by Crippen LogP contribution is 2.24. The number of rotatable bonds is 4. The van der Waals surface area contributed by atoms with E-state index in [-0.39, 0.29) is 12.2 Å². The number of ether oxygens (including phenoxy) is 1. The van der Waals surface area contributed by atoms with Crippen LogP contribution in [0, 0.1) is 11.2 Å². The van der Waals surface area contributed by atoms with Crippen LogP contribution in [0.1, 0.15) is 30.6 Å². The quantitative estimate of drug-likeness (QED) is 0.598. The second-order valence-electron chi connectivity index (χ2n) is 4.48. The molecule has 0 saturated heterocycles. The normalized spacial score (nSPS) is 11.1. The van der Waals surface area contributed by atoms with Gasteiger partial charge in [0.25, 0.3) is 0 Å². The monoisotopic (exact) mass is 238 g/mol. The lowest BCUT2D eigenvalue weighted by atomic mass is 9.85. The average molecular weight is 238 g/mol. The molecule has 0 aliphatic rings. The van der Waals surface area contributed by atoms with Gasteiger partial charge in [-0.1, -0.05) is 0 Å². The van der Waals surface area contributed by atoms with E-state index in [1.807, 2.05) is 0 Å². The molecule has 0 saturated carbocycles. The van der Waals surface area contributed by atoms with Crippen LogP contribution in [0.25, 0.3) is 0 Å². The zero-order valence-electron chi connectivity index (χ0n) is 10.1. The van der Waals surface area contributed by atoms with Crippen molar-refractivity contribution in [1.29, 1.82) is 0 Å². The van der Waals surface area contributed by atoms with E-state index in [2.05, 4.69) is 4.74 Å². The Kier molecular flexibility index (Phi) is 3.99. The third-order valence-corrected chi connectivity index (χ3v) is 2.51. The van der Waals surface area contributed by atoms with Crippen molar-refractivity contribution in [3.05, 3.63) is 35.6 Å². The highest BCUT2D eigenvalue weighted by Gasteiger charge is 2.31. The molecule has 17 heavy (non-hydrogen) atoms. The molecule has 0 unspecified atom stereocenters. The van der Waals surface area contributed by atoms with Gasteiger partial charge in [0.15, 0.2) is 5.78 Å². The number of carbonyl (C=O) groups is 2. The summed E-state index contributed by atoms with van der Waals surface area (Å²) in [6.07, 6.45) is 0.0330. The molecule has 92 valence electrons. The van der Waals surface area contributed by atoms with E-state index in [1.54, 1.807) is 13.8 Å². The number of halogens is 1. The summed E-state index contributed by atoms with van der Waals surface area (Å²) in [7, 11) is 1.28. The minimum absolute atomic E-state index is 0.0330. The third-order valence-electron chi connectivity index (χ3n) is 2.51. The van der Waals surface area contributed by atoms with Gasteiger partial charge in [0, 0.05) is 12.0 Å². The molecular formula is C13H15FO3. The summed E-state index contributed by atoms with van der Waals surface area (Å²) in [5, 5.41) is 0. The Morgan fingerprint density at radius 2 is 1.76 bits per heavy atom. The van der Waals surface area contributed by atoms with E-state index >= 15 is 0 Å². The lowest BCUT2D eigenvalue weighted by molar-refractivity contribution is -0.150. The first-order valence-electron chi connectivity index (χ1n) is 5.24. The minimum Gasteiger partial charge on any atom is -0.469 e. The Morgan fingerprint density at radius 3 is 2.24 bits per heavy atom. The average Bonchev–Trinajstić information content (AvgIpc) is 2.28. The van der Waals surface area contributed by atoms with Gasteiger partial charge in [-0.2, -0.15) is 0 Å². The standard InChI is InChI=1S/C13H15FO3/c1-13(2,12(16)17-3)8-11(15)9-4-6-10(14)7-5-9/h4-7H,8H2,1-3H3. The van der Waals surface area contributed by atoms with Gasteiger partial charge in [-0.25, -0.2) is 4.39 Å². The Bertz CT molecular complexity index is 421. The van der Waals surface area contributed by atoms with Crippen LogP contribution in [0.5, 0.6) is 0 Å². The van der Waals surface area contributed by atoms with Crippen LogP contribution in [-0.2, 0) is 9.53 Å². The Morgan fingerprint density at radius 1 is 1.24 bits per heavy atom. The van der Waals surface area contributed by atoms with Crippen molar-refractivity contribution >= 4 is 11.8 Å². The van der Waals surface area contributed by atoms with Crippen molar-refractivity contribution in [3.8, 4) is 0 Å². The van der Waals surface area contributed by atoms with Crippen LogP contribution in [0.3, 0.4) is 0 Å². The van der Waals surface area contributed by atoms with Crippen molar-refractivity contribution in [1.82, 2.24) is 0 Å². The van der Waals surface area contributed by atoms with Gasteiger partial charge < -0.3 is 4.74 Å². The molecule has 1 rings (SSSR count). The number of hydrogen-bond acceptors (Lipinski definition) is 3. The maximum absolute atomic E-state index is 12.7. The van der Waals surface area contributed by atoms with Gasteiger partial charge in [-0.05, 0) is 38.1 Å². The molecule has 3 nitrogen and oxygen atoms in total. The lowest BCUT2D eigenvalue weighted by Crippen LogP contribution is -2.28. The van der Waals surface area contributed by atoms with E-state index in [4.69, 9.17) is 0 Å². The largest absolute Gasteiger partial charge is 0.469 e. The van der Waals surface area contributed by atoms with E-state index in [1.165, 1.54) is 31.4 Å². The maximum atomic E-state index is 12.7. The summed E-state index contributed by atoms with van der Waals surface area (Å²) in [6, 6.07) is 5.26. The van der Waals surface area contributed by atoms with Crippen molar-refractivity contribution in [3.63, 3.8) is 0 Å². The molecular weight excluding hydrogens is 223 g/mol. The molecule has 0 spiro atoms. The number of hydrogen-bond donors (Lipinski definition) is 0. The van der Waals surface area contributed by atoms with E-state index in [0.29, 0.717) is 5.56 Å². The van der Waals surface area contributed by atoms with Crippen molar-refractivity contribution in [2.24, 2.45) is 5.41 Å². The van der Waals surface area contributed by atoms with E-state index < -0.39 is 17.2 Å². The second kappa shape index (κ2) is 5.08. The first-order valence-corrected chi connectivity index (χ1v) is 5.24. The molecule has 0 aromatic heterocycles. The van der Waals surface area contributed by atoms with Crippen LogP contribution in [0.4, 0.5) is 4.39 Å². The molecule has 0 radical (unpaired) electrons. The van der Waals surface area contributed by atoms with Gasteiger partial charge in [-0.15, -0.1) is 0 Å². The van der Waals surface area contributed by atoms with Crippen molar-refractivity contribution < 1.29 is 18.7 Å². The van der Waals surface area contributed by atoms with Crippen LogP contribution in [0.15, 0.2) is 24.3 Å². The second-order valence-corrected chi connectivity index (χ2v) is 4.48. The van der Waals surface area contributed by atoms with Crippen LogP contribution in [-0.4, -0.2) is 18.9 Å². The summed E-state index contributed by atoms with van der Waals surface area (Å²) in [6.45, 7) is 3.28. The molecule has 0 aliphatic heterocycles. The van der Waals surface area contributed by atoms with Gasteiger partial charge in [0.05, 0.1) is 12.5 Å². The zero-order valence-corrected chi connectivity index (χ0v) is 10.1. The molecule has 4 heteroatoms. The Balaban J connectivity index is 2.79. The Labute approximate surface area is 99.6 Å². The van der Waals surface area contributed by atoms with Gasteiger partial charge in [-0.3, -0.25) is 9.59 Å². The summed E-state index contributed by atoms with van der Waals surface area (Å²) in [5.74, 6) is -1.04. The minimum atomic E-state index is -0.875. The summed E-state index contributed by atoms with van der Waals surface area (Å²) < 4.78 is 17.3. The van der Waals surface area contributed by atoms with Crippen molar-refractivity contribution in [2.45, 2.75) is 20.3 Å². The van der Waals surface area contributed by atoms with E-state index in [0.717, 1.165) is 0 Å². The van der Waals surface area contributed by atoms with Crippen LogP contribution in [0.2, 0.25) is 0 Å². The smallest absolute Gasteiger partial charge is 0.311 e. The predicted octanol–water partition coefficient (Wildman–Crippen LogP) is 2.60. The van der Waals surface area contributed by atoms with Crippen LogP contribution < -0.4 is 0 Å². The fraction of sp³-hybridized carbons (Fsp3) is 0.385. The lowest BCUT2D eigenvalue weighted by Gasteiger charge is -2.20. The number of ketones is 1. The summed E-state index contributed by atoms with van der Waals surface area (Å²) >= 11 is 0. The predicted molar refractivity (Wildman–Crippen MR) is 61.1 cm³/mol. The number of benzene rings is 1. The number of Topliss-reactive ketones (excluding diaryl/α,β-unsaturated/α-hetero) is 1. The Hall–Kier alpha value is -1.71. The number of esters is 1. The molecule has 0 aliphatic carbocycles. The molecule has 0 heterocycles. The van der Waals surface area contributed by atoms with E-state index in [9.17, 15) is 14.0 Å². The van der Waals surface area contributed by atoms with Gasteiger partial charge >= 0.3 is 5.97 Å². The highest BCUT2D eigenvalue weighted by atomic mass is 19.1. The fourth-order valence-corrected chi connectivity index (χ4v) is 1.49. The SMILES string of the molecule is COC(=O)C(C)(C)CC(=O)c1ccc(F)cc1. The number of methoxy groups -OCH3 is 1. The highest BCUT2D eigenvalue weighted by molar-refractivity contribution is 5.98. The summed E-state index contributed by atoms with van der Waals surface area (Å²) in [5.41, 5.74) is -0.483. The molecule has 0 fully saturated rings.